The van der Waals surface area contributed by atoms with Crippen LogP contribution >= 0.6 is 0 Å². The van der Waals surface area contributed by atoms with Crippen LogP contribution in [0.5, 0.6) is 5.75 Å². The predicted octanol–water partition coefficient (Wildman–Crippen LogP) is 2.50. The van der Waals surface area contributed by atoms with Gasteiger partial charge in [0.15, 0.2) is 0 Å². The Hall–Kier alpha value is -0.980. The fourth-order valence-electron chi connectivity index (χ4n) is 1.73. The third-order valence-electron chi connectivity index (χ3n) is 2.26. The maximum absolute atomic E-state index is 11.3. The fraction of sp³-hybridized carbons (Fsp3) is 0.455. The average Bonchev–Trinajstić information content (AvgIpc) is 1.97. The number of hydrogen-bond acceptors (Lipinski definition) is 1. The first-order valence-corrected chi connectivity index (χ1v) is 4.31. The van der Waals surface area contributed by atoms with Crippen LogP contribution in [0, 0.1) is 13.8 Å². The highest BCUT2D eigenvalue weighted by atomic mass is 16.3. The summed E-state index contributed by atoms with van der Waals surface area (Å²) in [7, 11) is 0. The molecule has 0 saturated heterocycles. The first-order valence-electron chi connectivity index (χ1n) is 4.31. The number of aryl methyl sites for hydroxylation is 1. The third-order valence-corrected chi connectivity index (χ3v) is 2.26. The summed E-state index contributed by atoms with van der Waals surface area (Å²) in [5.74, 6) is 0.600. The molecule has 0 spiro atoms. The predicted molar refractivity (Wildman–Crippen MR) is 49.5 cm³/mol. The lowest BCUT2D eigenvalue weighted by Crippen LogP contribution is -2.01. The Kier molecular flexibility index (Phi) is 2.41. The quantitative estimate of drug-likeness (QED) is 0.623. The summed E-state index contributed by atoms with van der Waals surface area (Å²) < 4.78 is 0. The molecule has 0 bridgehead atoms. The second-order valence-corrected chi connectivity index (χ2v) is 3.57. The van der Waals surface area contributed by atoms with Crippen LogP contribution in [0.1, 0.15) is 36.5 Å². The van der Waals surface area contributed by atoms with E-state index in [4.69, 9.17) is 0 Å². The van der Waals surface area contributed by atoms with E-state index in [9.17, 15) is 5.11 Å². The Morgan fingerprint density at radius 1 is 1.17 bits per heavy atom. The van der Waals surface area contributed by atoms with Crippen LogP contribution in [-0.4, -0.2) is 0 Å². The van der Waals surface area contributed by atoms with Gasteiger partial charge in [-0.25, -0.2) is 0 Å². The van der Waals surface area contributed by atoms with Crippen molar-refractivity contribution in [2.24, 2.45) is 0 Å². The molecule has 0 unspecified atom stereocenters. The van der Waals surface area contributed by atoms with Crippen LogP contribution in [0.3, 0.4) is 0 Å². The molecule has 0 aliphatic heterocycles. The molecule has 0 heterocycles. The minimum Gasteiger partial charge on any atom is -0.872 e. The van der Waals surface area contributed by atoms with Crippen LogP contribution in [0.2, 0.25) is 0 Å². The molecular weight excluding hydrogens is 148 g/mol. The van der Waals surface area contributed by atoms with Gasteiger partial charge in [-0.1, -0.05) is 31.5 Å². The third kappa shape index (κ3) is 1.45. The summed E-state index contributed by atoms with van der Waals surface area (Å²) in [5.41, 5.74) is 3.34. The molecule has 12 heavy (non-hydrogen) atoms. The minimum atomic E-state index is 0.157. The molecule has 1 heteroatoms. The van der Waals surface area contributed by atoms with E-state index in [2.05, 4.69) is 20.8 Å². The molecule has 66 valence electrons. The SMILES string of the molecule is Cc1ccc([O-])c(C)c1C(C)C. The standard InChI is InChI=1S/C11H16O/c1-7(2)11-8(3)5-6-10(12)9(11)4/h5-7,12H,1-4H3/p-1. The van der Waals surface area contributed by atoms with E-state index in [0.29, 0.717) is 5.92 Å². The van der Waals surface area contributed by atoms with Gasteiger partial charge >= 0.3 is 0 Å². The van der Waals surface area contributed by atoms with Gasteiger partial charge in [0.25, 0.3) is 0 Å². The normalized spacial score (nSPS) is 10.8. The number of rotatable bonds is 1. The molecular formula is C11H15O-. The monoisotopic (exact) mass is 163 g/mol. The molecule has 0 saturated carbocycles. The van der Waals surface area contributed by atoms with Crippen LogP contribution in [0.25, 0.3) is 0 Å². The van der Waals surface area contributed by atoms with Crippen LogP contribution < -0.4 is 5.11 Å². The van der Waals surface area contributed by atoms with Crippen LogP contribution in [-0.2, 0) is 0 Å². The second kappa shape index (κ2) is 3.18. The molecule has 0 atom stereocenters. The van der Waals surface area contributed by atoms with Gasteiger partial charge in [0.2, 0.25) is 0 Å². The van der Waals surface area contributed by atoms with E-state index in [1.165, 1.54) is 11.1 Å². The average molecular weight is 163 g/mol. The molecule has 0 aliphatic carbocycles. The summed E-state index contributed by atoms with van der Waals surface area (Å²) in [5, 5.41) is 11.3. The van der Waals surface area contributed by atoms with E-state index in [-0.39, 0.29) is 5.75 Å². The first kappa shape index (κ1) is 9.11. The summed E-state index contributed by atoms with van der Waals surface area (Å²) in [6.07, 6.45) is 0. The van der Waals surface area contributed by atoms with Crippen LogP contribution in [0.4, 0.5) is 0 Å². The Bertz CT molecular complexity index is 287. The smallest absolute Gasteiger partial charge is 0.0214 e. The Morgan fingerprint density at radius 3 is 2.17 bits per heavy atom. The fourth-order valence-corrected chi connectivity index (χ4v) is 1.73. The van der Waals surface area contributed by atoms with Crippen molar-refractivity contribution < 1.29 is 5.11 Å². The van der Waals surface area contributed by atoms with E-state index in [1.54, 1.807) is 6.07 Å². The van der Waals surface area contributed by atoms with E-state index in [1.807, 2.05) is 13.0 Å². The lowest BCUT2D eigenvalue weighted by Gasteiger charge is -2.19. The van der Waals surface area contributed by atoms with Crippen molar-refractivity contribution in [1.82, 2.24) is 0 Å². The molecule has 0 aliphatic rings. The zero-order valence-corrected chi connectivity index (χ0v) is 8.14. The molecule has 1 nitrogen and oxygen atoms in total. The van der Waals surface area contributed by atoms with Crippen molar-refractivity contribution >= 4 is 0 Å². The van der Waals surface area contributed by atoms with Gasteiger partial charge in [-0.15, -0.1) is 5.75 Å². The van der Waals surface area contributed by atoms with Crippen molar-refractivity contribution in [3.05, 3.63) is 28.8 Å². The van der Waals surface area contributed by atoms with Crippen molar-refractivity contribution in [1.29, 1.82) is 0 Å². The van der Waals surface area contributed by atoms with Gasteiger partial charge in [0.05, 0.1) is 0 Å². The zero-order chi connectivity index (χ0) is 9.30. The maximum atomic E-state index is 11.3. The highest BCUT2D eigenvalue weighted by molar-refractivity contribution is 5.43. The summed E-state index contributed by atoms with van der Waals surface area (Å²) in [4.78, 5) is 0. The highest BCUT2D eigenvalue weighted by Gasteiger charge is 2.06. The topological polar surface area (TPSA) is 23.1 Å². The number of benzene rings is 1. The molecule has 0 radical (unpaired) electrons. The second-order valence-electron chi connectivity index (χ2n) is 3.57. The van der Waals surface area contributed by atoms with E-state index >= 15 is 0 Å². The Morgan fingerprint density at radius 2 is 1.75 bits per heavy atom. The van der Waals surface area contributed by atoms with Gasteiger partial charge in [-0.3, -0.25) is 0 Å². The molecule has 0 aromatic heterocycles. The first-order chi connectivity index (χ1) is 5.54. The van der Waals surface area contributed by atoms with Crippen molar-refractivity contribution in [3.8, 4) is 5.75 Å². The molecule has 0 N–H and O–H groups in total. The molecule has 1 aromatic rings. The van der Waals surface area contributed by atoms with Crippen molar-refractivity contribution in [3.63, 3.8) is 0 Å². The maximum Gasteiger partial charge on any atom is -0.0214 e. The van der Waals surface area contributed by atoms with Gasteiger partial charge < -0.3 is 5.11 Å². The minimum absolute atomic E-state index is 0.157. The summed E-state index contributed by atoms with van der Waals surface area (Å²) in [6, 6.07) is 3.56. The van der Waals surface area contributed by atoms with Gasteiger partial charge in [-0.2, -0.15) is 0 Å². The van der Waals surface area contributed by atoms with Crippen LogP contribution in [0.15, 0.2) is 12.1 Å². The number of hydrogen-bond donors (Lipinski definition) is 0. The molecule has 0 amide bonds. The Balaban J connectivity index is 3.33. The van der Waals surface area contributed by atoms with Gasteiger partial charge in [0, 0.05) is 0 Å². The van der Waals surface area contributed by atoms with Crippen molar-refractivity contribution in [2.75, 3.05) is 0 Å². The van der Waals surface area contributed by atoms with Crippen molar-refractivity contribution in [2.45, 2.75) is 33.6 Å². The largest absolute Gasteiger partial charge is 0.872 e. The molecule has 0 fully saturated rings. The lowest BCUT2D eigenvalue weighted by atomic mass is 9.93. The van der Waals surface area contributed by atoms with Gasteiger partial charge in [0.1, 0.15) is 0 Å². The van der Waals surface area contributed by atoms with Gasteiger partial charge in [-0.05, 0) is 30.9 Å². The Labute approximate surface area is 74.1 Å². The van der Waals surface area contributed by atoms with E-state index in [0.717, 1.165) is 5.56 Å². The summed E-state index contributed by atoms with van der Waals surface area (Å²) >= 11 is 0. The molecule has 1 aromatic carbocycles. The van der Waals surface area contributed by atoms with E-state index < -0.39 is 0 Å². The zero-order valence-electron chi connectivity index (χ0n) is 8.14. The highest BCUT2D eigenvalue weighted by Crippen LogP contribution is 2.27. The summed E-state index contributed by atoms with van der Waals surface area (Å²) in [6.45, 7) is 8.20. The molecule has 1 rings (SSSR count). The lowest BCUT2D eigenvalue weighted by molar-refractivity contribution is -0.269.